The largest absolute Gasteiger partial charge is 0.475 e. The van der Waals surface area contributed by atoms with Crippen LogP contribution >= 0.6 is 0 Å². The van der Waals surface area contributed by atoms with Crippen LogP contribution in [-0.4, -0.2) is 43.0 Å². The Balaban J connectivity index is 0.000000357. The summed E-state index contributed by atoms with van der Waals surface area (Å²) in [6, 6.07) is 35.7. The summed E-state index contributed by atoms with van der Waals surface area (Å²) in [5, 5.41) is 0. The Morgan fingerprint density at radius 1 is 0.792 bits per heavy atom. The Labute approximate surface area is 162 Å². The van der Waals surface area contributed by atoms with Crippen molar-refractivity contribution in [3.05, 3.63) is 109 Å². The second-order valence-corrected chi connectivity index (χ2v) is 4.47. The van der Waals surface area contributed by atoms with Gasteiger partial charge in [0.05, 0.1) is 6.54 Å². The molecule has 0 N–H and O–H groups in total. The molecule has 0 atom stereocenters. The zero-order valence-electron chi connectivity index (χ0n) is 13.4. The van der Waals surface area contributed by atoms with E-state index in [1.54, 1.807) is 0 Å². The average molecular weight is 421 g/mol. The van der Waals surface area contributed by atoms with Crippen LogP contribution < -0.4 is 0 Å². The van der Waals surface area contributed by atoms with Gasteiger partial charge in [-0.05, 0) is 24.3 Å². The Morgan fingerprint density at radius 3 is 1.71 bits per heavy atom. The molecule has 4 rings (SSSR count). The molecule has 1 aliphatic heterocycles. The van der Waals surface area contributed by atoms with Gasteiger partial charge in [-0.3, -0.25) is 0 Å². The monoisotopic (exact) mass is 422 g/mol. The fraction of sp³-hybridized carbons (Fsp3) is 0.0952. The van der Waals surface area contributed by atoms with Gasteiger partial charge in [-0.1, -0.05) is 78.9 Å². The van der Waals surface area contributed by atoms with Crippen LogP contribution in [0.25, 0.3) is 0 Å². The van der Waals surface area contributed by atoms with Crippen LogP contribution in [0.4, 0.5) is 0 Å². The van der Waals surface area contributed by atoms with E-state index in [9.17, 15) is 0 Å². The number of ether oxygens (including phenoxy) is 1. The molecular formula is C21H20NOSn. The fourth-order valence-electron chi connectivity index (χ4n) is 1.71. The quantitative estimate of drug-likeness (QED) is 0.543. The maximum atomic E-state index is 5.26. The van der Waals surface area contributed by atoms with Gasteiger partial charge in [-0.2, -0.15) is 0 Å². The van der Waals surface area contributed by atoms with E-state index in [-0.39, 0.29) is 25.3 Å². The second-order valence-electron chi connectivity index (χ2n) is 4.47. The summed E-state index contributed by atoms with van der Waals surface area (Å²) >= 11 is 0. The van der Waals surface area contributed by atoms with Crippen LogP contribution in [0.1, 0.15) is 6.99 Å². The van der Waals surface area contributed by atoms with Crippen LogP contribution in [0, 0.1) is 18.2 Å². The van der Waals surface area contributed by atoms with E-state index < -0.39 is 0 Å². The van der Waals surface area contributed by atoms with Crippen molar-refractivity contribution < 1.29 is 6.16 Å². The summed E-state index contributed by atoms with van der Waals surface area (Å²) in [6.45, 7) is 1.48. The minimum absolute atomic E-state index is 0. The molecule has 3 aromatic carbocycles. The Morgan fingerprint density at radius 2 is 1.38 bits per heavy atom. The molecule has 0 amide bonds. The molecular weight excluding hydrogens is 401 g/mol. The standard InChI is InChI=1S/C9H8NO.2C6H5.Sn.H2/c1-2-4-8(5-3-1)9-10-6-7-11-9;2*1-2-4-6-5-3-1;;/h1-4H,6-7H2;2*1-5H;;1H. The van der Waals surface area contributed by atoms with E-state index in [0.717, 1.165) is 18.0 Å². The van der Waals surface area contributed by atoms with Crippen molar-refractivity contribution in [3.8, 4) is 0 Å². The molecule has 2 nitrogen and oxygen atoms in total. The second kappa shape index (κ2) is 13.4. The van der Waals surface area contributed by atoms with Crippen LogP contribution in [0.3, 0.4) is 0 Å². The zero-order chi connectivity index (χ0) is 16.0. The molecule has 0 aromatic heterocycles. The SMILES string of the molecule is [HH].[Sn].[c]1ccccc1.[c]1ccccc1.[c]1ccccc1C1=NCCO1. The predicted molar refractivity (Wildman–Crippen MR) is 101 cm³/mol. The van der Waals surface area contributed by atoms with Gasteiger partial charge in [0.2, 0.25) is 5.90 Å². The number of hydrogen-bond acceptors (Lipinski definition) is 2. The molecule has 119 valence electrons. The van der Waals surface area contributed by atoms with Gasteiger partial charge in [-0.25, -0.2) is 4.99 Å². The van der Waals surface area contributed by atoms with Crippen molar-refractivity contribution in [2.45, 2.75) is 0 Å². The molecule has 0 bridgehead atoms. The normalized spacial score (nSPS) is 11.2. The van der Waals surface area contributed by atoms with Crippen molar-refractivity contribution >= 4 is 29.8 Å². The van der Waals surface area contributed by atoms with Crippen LogP contribution in [-0.2, 0) is 4.74 Å². The molecule has 0 unspecified atom stereocenters. The molecule has 0 fully saturated rings. The van der Waals surface area contributed by atoms with Gasteiger partial charge in [0.1, 0.15) is 6.61 Å². The number of nitrogens with zero attached hydrogens (tertiary/aromatic N) is 1. The smallest absolute Gasteiger partial charge is 0.216 e. The van der Waals surface area contributed by atoms with Crippen molar-refractivity contribution in [1.82, 2.24) is 0 Å². The van der Waals surface area contributed by atoms with E-state index in [1.807, 2.05) is 84.9 Å². The summed E-state index contributed by atoms with van der Waals surface area (Å²) in [7, 11) is 0. The van der Waals surface area contributed by atoms with E-state index in [4.69, 9.17) is 4.74 Å². The molecule has 0 aliphatic carbocycles. The van der Waals surface area contributed by atoms with Gasteiger partial charge in [0.15, 0.2) is 0 Å². The number of hydrogen-bond donors (Lipinski definition) is 0. The maximum absolute atomic E-state index is 5.26. The van der Waals surface area contributed by atoms with Gasteiger partial charge >= 0.3 is 0 Å². The molecule has 0 saturated heterocycles. The topological polar surface area (TPSA) is 21.6 Å². The van der Waals surface area contributed by atoms with Gasteiger partial charge in [0, 0.05) is 30.9 Å². The van der Waals surface area contributed by atoms with E-state index in [1.165, 1.54) is 0 Å². The number of rotatable bonds is 1. The number of benzene rings is 3. The first-order chi connectivity index (χ1) is 11.5. The molecule has 1 aliphatic rings. The zero-order valence-corrected chi connectivity index (χ0v) is 16.2. The van der Waals surface area contributed by atoms with Crippen LogP contribution in [0.15, 0.2) is 89.9 Å². The van der Waals surface area contributed by atoms with Crippen molar-refractivity contribution in [3.63, 3.8) is 0 Å². The summed E-state index contributed by atoms with van der Waals surface area (Å²) in [4.78, 5) is 4.17. The van der Waals surface area contributed by atoms with Gasteiger partial charge in [-0.15, -0.1) is 0 Å². The molecule has 3 aromatic rings. The average Bonchev–Trinajstić information content (AvgIpc) is 3.21. The minimum atomic E-state index is 0. The van der Waals surface area contributed by atoms with Gasteiger partial charge < -0.3 is 4.74 Å². The van der Waals surface area contributed by atoms with Crippen LogP contribution in [0.5, 0.6) is 0 Å². The maximum Gasteiger partial charge on any atom is 0.216 e. The minimum Gasteiger partial charge on any atom is -0.475 e. The summed E-state index contributed by atoms with van der Waals surface area (Å²) in [5.74, 6) is 0.727. The predicted octanol–water partition coefficient (Wildman–Crippen LogP) is 4.10. The molecule has 0 saturated carbocycles. The third kappa shape index (κ3) is 8.53. The molecule has 7 radical (unpaired) electrons. The Bertz CT molecular complexity index is 578. The molecule has 24 heavy (non-hydrogen) atoms. The van der Waals surface area contributed by atoms with Crippen molar-refractivity contribution in [2.24, 2.45) is 4.99 Å². The first kappa shape index (κ1) is 20.0. The molecule has 3 heteroatoms. The molecule has 1 heterocycles. The van der Waals surface area contributed by atoms with Crippen LogP contribution in [0.2, 0.25) is 0 Å². The van der Waals surface area contributed by atoms with E-state index in [2.05, 4.69) is 23.2 Å². The summed E-state index contributed by atoms with van der Waals surface area (Å²) in [6.07, 6.45) is 0. The fourth-order valence-corrected chi connectivity index (χ4v) is 1.71. The number of aliphatic imine (C=N–C) groups is 1. The van der Waals surface area contributed by atoms with E-state index in [0.29, 0.717) is 6.61 Å². The Hall–Kier alpha value is -2.07. The third-order valence-corrected chi connectivity index (χ3v) is 2.74. The summed E-state index contributed by atoms with van der Waals surface area (Å²) < 4.78 is 5.26. The third-order valence-electron chi connectivity index (χ3n) is 2.74. The van der Waals surface area contributed by atoms with E-state index >= 15 is 0 Å². The van der Waals surface area contributed by atoms with Crippen molar-refractivity contribution in [1.29, 1.82) is 0 Å². The first-order valence-corrected chi connectivity index (χ1v) is 7.43. The van der Waals surface area contributed by atoms with Crippen molar-refractivity contribution in [2.75, 3.05) is 13.2 Å². The Kier molecular flexibility index (Phi) is 11.1. The van der Waals surface area contributed by atoms with Gasteiger partial charge in [0.25, 0.3) is 0 Å². The summed E-state index contributed by atoms with van der Waals surface area (Å²) in [5.41, 5.74) is 0.949. The molecule has 0 spiro atoms. The first-order valence-electron chi connectivity index (χ1n) is 7.43.